The molecule has 0 N–H and O–H groups in total. The molecule has 1 aliphatic heterocycles. The summed E-state index contributed by atoms with van der Waals surface area (Å²) in [6.45, 7) is 3.52. The van der Waals surface area contributed by atoms with Crippen molar-refractivity contribution < 1.29 is 4.79 Å². The van der Waals surface area contributed by atoms with Crippen LogP contribution in [0.15, 0.2) is 42.7 Å². The molecular weight excluding hydrogens is 336 g/mol. The van der Waals surface area contributed by atoms with E-state index in [1.807, 2.05) is 42.2 Å². The van der Waals surface area contributed by atoms with E-state index in [1.54, 1.807) is 12.4 Å². The van der Waals surface area contributed by atoms with Crippen LogP contribution in [0.3, 0.4) is 0 Å². The Kier molecular flexibility index (Phi) is 5.10. The molecule has 0 bridgehead atoms. The maximum Gasteiger partial charge on any atom is 0.254 e. The fraction of sp³-hybridized carbons (Fsp3) is 0.364. The number of aryl methyl sites for hydroxylation is 1. The molecule has 5 heteroatoms. The quantitative estimate of drug-likeness (QED) is 0.679. The average Bonchev–Trinajstić information content (AvgIpc) is 2.67. The van der Waals surface area contributed by atoms with Gasteiger partial charge in [-0.1, -0.05) is 37.5 Å². The average molecular weight is 360 g/mol. The molecule has 4 rings (SSSR count). The minimum Gasteiger partial charge on any atom is -0.339 e. The van der Waals surface area contributed by atoms with Gasteiger partial charge in [0.15, 0.2) is 0 Å². The van der Waals surface area contributed by atoms with Crippen molar-refractivity contribution in [1.82, 2.24) is 19.9 Å². The van der Waals surface area contributed by atoms with Crippen LogP contribution in [0.25, 0.3) is 22.2 Å². The maximum absolute atomic E-state index is 13.4. The molecule has 3 heterocycles. The summed E-state index contributed by atoms with van der Waals surface area (Å²) < 4.78 is 0. The Balaban J connectivity index is 1.78. The van der Waals surface area contributed by atoms with Crippen molar-refractivity contribution >= 4 is 16.8 Å². The lowest BCUT2D eigenvalue weighted by Gasteiger charge is -2.25. The van der Waals surface area contributed by atoms with Gasteiger partial charge in [0.2, 0.25) is 0 Å². The SMILES string of the molecule is Cc1ncc(-c2cc(C(=O)N3CCCCCCC3)c3ccccc3n2)cn1. The summed E-state index contributed by atoms with van der Waals surface area (Å²) in [5.41, 5.74) is 3.11. The first-order valence-corrected chi connectivity index (χ1v) is 9.70. The molecule has 2 aromatic heterocycles. The summed E-state index contributed by atoms with van der Waals surface area (Å²) in [5.74, 6) is 0.821. The third kappa shape index (κ3) is 3.82. The molecule has 1 aliphatic rings. The molecule has 0 saturated carbocycles. The largest absolute Gasteiger partial charge is 0.339 e. The van der Waals surface area contributed by atoms with Gasteiger partial charge >= 0.3 is 0 Å². The molecule has 0 aliphatic carbocycles. The molecular formula is C22H24N4O. The van der Waals surface area contributed by atoms with Crippen molar-refractivity contribution in [3.8, 4) is 11.3 Å². The number of aromatic nitrogens is 3. The number of fused-ring (bicyclic) bond motifs is 1. The van der Waals surface area contributed by atoms with Crippen LogP contribution in [0.1, 0.15) is 48.3 Å². The van der Waals surface area contributed by atoms with E-state index in [1.165, 1.54) is 19.3 Å². The standard InChI is InChI=1S/C22H24N4O/c1-16-23-14-17(15-24-16)21-13-19(18-9-5-6-10-20(18)25-21)22(27)26-11-7-3-2-4-8-12-26/h5-6,9-10,13-15H,2-4,7-8,11-12H2,1H3. The lowest BCUT2D eigenvalue weighted by atomic mass is 10.0. The molecule has 1 saturated heterocycles. The fourth-order valence-electron chi connectivity index (χ4n) is 3.65. The van der Waals surface area contributed by atoms with Crippen LogP contribution in [-0.2, 0) is 0 Å². The Labute approximate surface area is 159 Å². The van der Waals surface area contributed by atoms with Crippen LogP contribution in [-0.4, -0.2) is 38.8 Å². The molecule has 0 unspecified atom stereocenters. The van der Waals surface area contributed by atoms with E-state index >= 15 is 0 Å². The molecule has 3 aromatic rings. The van der Waals surface area contributed by atoms with Crippen molar-refractivity contribution in [2.45, 2.75) is 39.0 Å². The number of hydrogen-bond acceptors (Lipinski definition) is 4. The molecule has 0 spiro atoms. The lowest BCUT2D eigenvalue weighted by molar-refractivity contribution is 0.0744. The first kappa shape index (κ1) is 17.6. The molecule has 0 atom stereocenters. The van der Waals surface area contributed by atoms with E-state index in [0.717, 1.165) is 59.5 Å². The van der Waals surface area contributed by atoms with Gasteiger partial charge in [-0.05, 0) is 31.9 Å². The molecule has 27 heavy (non-hydrogen) atoms. The van der Waals surface area contributed by atoms with E-state index in [0.29, 0.717) is 0 Å². The minimum atomic E-state index is 0.102. The zero-order chi connectivity index (χ0) is 18.6. The molecule has 1 amide bonds. The second kappa shape index (κ2) is 7.82. The highest BCUT2D eigenvalue weighted by molar-refractivity contribution is 6.07. The van der Waals surface area contributed by atoms with Crippen LogP contribution in [0, 0.1) is 6.92 Å². The lowest BCUT2D eigenvalue weighted by Crippen LogP contribution is -2.34. The summed E-state index contributed by atoms with van der Waals surface area (Å²) in [5, 5.41) is 0.904. The zero-order valence-electron chi connectivity index (χ0n) is 15.7. The highest BCUT2D eigenvalue weighted by atomic mass is 16.2. The Hall–Kier alpha value is -2.82. The van der Waals surface area contributed by atoms with E-state index < -0.39 is 0 Å². The molecule has 138 valence electrons. The first-order chi connectivity index (χ1) is 13.2. The zero-order valence-corrected chi connectivity index (χ0v) is 15.7. The van der Waals surface area contributed by atoms with Gasteiger partial charge in [0.1, 0.15) is 5.82 Å². The summed E-state index contributed by atoms with van der Waals surface area (Å²) >= 11 is 0. The monoisotopic (exact) mass is 360 g/mol. The van der Waals surface area contributed by atoms with Crippen molar-refractivity contribution in [3.05, 3.63) is 54.1 Å². The maximum atomic E-state index is 13.4. The van der Waals surface area contributed by atoms with Crippen LogP contribution in [0.5, 0.6) is 0 Å². The third-order valence-corrected chi connectivity index (χ3v) is 5.17. The van der Waals surface area contributed by atoms with Crippen LogP contribution >= 0.6 is 0 Å². The number of likely N-dealkylation sites (tertiary alicyclic amines) is 1. The topological polar surface area (TPSA) is 59.0 Å². The Bertz CT molecular complexity index is 944. The van der Waals surface area contributed by atoms with Gasteiger partial charge in [-0.25, -0.2) is 15.0 Å². The normalized spacial score (nSPS) is 15.4. The number of carbonyl (C=O) groups is 1. The number of carbonyl (C=O) groups excluding carboxylic acids is 1. The summed E-state index contributed by atoms with van der Waals surface area (Å²) in [7, 11) is 0. The van der Waals surface area contributed by atoms with Crippen molar-refractivity contribution in [2.75, 3.05) is 13.1 Å². The molecule has 5 nitrogen and oxygen atoms in total. The highest BCUT2D eigenvalue weighted by Crippen LogP contribution is 2.26. The van der Waals surface area contributed by atoms with E-state index in [4.69, 9.17) is 4.98 Å². The van der Waals surface area contributed by atoms with Crippen molar-refractivity contribution in [1.29, 1.82) is 0 Å². The third-order valence-electron chi connectivity index (χ3n) is 5.17. The number of pyridine rings is 1. The molecule has 1 fully saturated rings. The van der Waals surface area contributed by atoms with Crippen LogP contribution in [0.4, 0.5) is 0 Å². The van der Waals surface area contributed by atoms with E-state index in [2.05, 4.69) is 9.97 Å². The Morgan fingerprint density at radius 1 is 0.963 bits per heavy atom. The Morgan fingerprint density at radius 2 is 1.63 bits per heavy atom. The second-order valence-corrected chi connectivity index (χ2v) is 7.15. The highest BCUT2D eigenvalue weighted by Gasteiger charge is 2.20. The Morgan fingerprint density at radius 3 is 2.37 bits per heavy atom. The predicted molar refractivity (Wildman–Crippen MR) is 106 cm³/mol. The summed E-state index contributed by atoms with van der Waals surface area (Å²) in [4.78, 5) is 28.7. The second-order valence-electron chi connectivity index (χ2n) is 7.15. The van der Waals surface area contributed by atoms with Gasteiger partial charge in [0.05, 0.1) is 16.8 Å². The number of benzene rings is 1. The van der Waals surface area contributed by atoms with Gasteiger partial charge in [-0.3, -0.25) is 4.79 Å². The predicted octanol–water partition coefficient (Wildman–Crippen LogP) is 4.41. The summed E-state index contributed by atoms with van der Waals surface area (Å²) in [6, 6.07) is 9.75. The van der Waals surface area contributed by atoms with Crippen molar-refractivity contribution in [2.24, 2.45) is 0 Å². The first-order valence-electron chi connectivity index (χ1n) is 9.70. The van der Waals surface area contributed by atoms with E-state index in [-0.39, 0.29) is 5.91 Å². The number of amides is 1. The van der Waals surface area contributed by atoms with Crippen LogP contribution < -0.4 is 0 Å². The number of nitrogens with zero attached hydrogens (tertiary/aromatic N) is 4. The molecule has 0 radical (unpaired) electrons. The van der Waals surface area contributed by atoms with Gasteiger partial charge in [0, 0.05) is 36.4 Å². The minimum absolute atomic E-state index is 0.102. The van der Waals surface area contributed by atoms with Crippen molar-refractivity contribution in [3.63, 3.8) is 0 Å². The molecule has 1 aromatic carbocycles. The number of hydrogen-bond donors (Lipinski definition) is 0. The van der Waals surface area contributed by atoms with Crippen LogP contribution in [0.2, 0.25) is 0 Å². The fourth-order valence-corrected chi connectivity index (χ4v) is 3.65. The summed E-state index contributed by atoms with van der Waals surface area (Å²) in [6.07, 6.45) is 9.37. The van der Waals surface area contributed by atoms with Gasteiger partial charge in [0.25, 0.3) is 5.91 Å². The smallest absolute Gasteiger partial charge is 0.254 e. The number of rotatable bonds is 2. The number of para-hydroxylation sites is 1. The van der Waals surface area contributed by atoms with Gasteiger partial charge < -0.3 is 4.90 Å². The van der Waals surface area contributed by atoms with Gasteiger partial charge in [-0.15, -0.1) is 0 Å². The van der Waals surface area contributed by atoms with Gasteiger partial charge in [-0.2, -0.15) is 0 Å². The van der Waals surface area contributed by atoms with E-state index in [9.17, 15) is 4.79 Å².